The molecular formula is C11H19ClN2O2S. The Hall–Kier alpha value is -0.550. The van der Waals surface area contributed by atoms with Gasteiger partial charge in [-0.3, -0.25) is 4.68 Å². The van der Waals surface area contributed by atoms with Crippen LogP contribution in [0.25, 0.3) is 0 Å². The Balaban J connectivity index is 2.84. The lowest BCUT2D eigenvalue weighted by Gasteiger charge is -2.08. The van der Waals surface area contributed by atoms with Gasteiger partial charge in [0, 0.05) is 11.3 Å². The fraction of sp³-hybridized carbons (Fsp3) is 0.727. The van der Waals surface area contributed by atoms with Crippen LogP contribution in [0.5, 0.6) is 0 Å². The molecule has 1 rings (SSSR count). The van der Waals surface area contributed by atoms with Gasteiger partial charge in [0.1, 0.15) is 0 Å². The van der Waals surface area contributed by atoms with Crippen LogP contribution in [0.15, 0.2) is 0 Å². The first-order chi connectivity index (χ1) is 7.79. The number of aryl methyl sites for hydroxylation is 2. The normalized spacial score (nSPS) is 12.4. The predicted octanol–water partition coefficient (Wildman–Crippen LogP) is 2.06. The number of sulfone groups is 1. The molecule has 0 saturated heterocycles. The van der Waals surface area contributed by atoms with Crippen LogP contribution in [0, 0.1) is 13.8 Å². The van der Waals surface area contributed by atoms with E-state index < -0.39 is 9.84 Å². The van der Waals surface area contributed by atoms with Gasteiger partial charge in [0.05, 0.1) is 29.1 Å². The van der Waals surface area contributed by atoms with Gasteiger partial charge in [-0.1, -0.05) is 0 Å². The van der Waals surface area contributed by atoms with Crippen LogP contribution in [0.3, 0.4) is 0 Å². The molecule has 17 heavy (non-hydrogen) atoms. The van der Waals surface area contributed by atoms with Crippen molar-refractivity contribution in [2.75, 3.05) is 5.75 Å². The summed E-state index contributed by atoms with van der Waals surface area (Å²) < 4.78 is 25.1. The summed E-state index contributed by atoms with van der Waals surface area (Å²) in [6.07, 6.45) is 0. The molecule has 0 aliphatic rings. The molecule has 98 valence electrons. The van der Waals surface area contributed by atoms with E-state index in [9.17, 15) is 8.42 Å². The zero-order valence-electron chi connectivity index (χ0n) is 10.7. The molecule has 1 aromatic rings. The van der Waals surface area contributed by atoms with Crippen LogP contribution in [0.1, 0.15) is 30.8 Å². The summed E-state index contributed by atoms with van der Waals surface area (Å²) in [6, 6.07) is 0. The minimum Gasteiger partial charge on any atom is -0.268 e. The van der Waals surface area contributed by atoms with Crippen molar-refractivity contribution < 1.29 is 8.42 Å². The van der Waals surface area contributed by atoms with E-state index in [0.717, 1.165) is 17.0 Å². The standard InChI is InChI=1S/C11H19ClN2O2S/c1-8(2)17(15,16)6-5-14-10(4)11(7-12)9(3)13-14/h8H,5-7H2,1-4H3. The van der Waals surface area contributed by atoms with Gasteiger partial charge in [-0.05, 0) is 27.7 Å². The predicted molar refractivity (Wildman–Crippen MR) is 70.2 cm³/mol. The summed E-state index contributed by atoms with van der Waals surface area (Å²) in [5.41, 5.74) is 2.82. The van der Waals surface area contributed by atoms with Crippen LogP contribution in [-0.4, -0.2) is 29.2 Å². The molecule has 0 aliphatic heterocycles. The molecule has 4 nitrogen and oxygen atoms in total. The zero-order valence-corrected chi connectivity index (χ0v) is 12.3. The van der Waals surface area contributed by atoms with Gasteiger partial charge >= 0.3 is 0 Å². The first kappa shape index (κ1) is 14.5. The second kappa shape index (κ2) is 5.40. The average Bonchev–Trinajstić information content (AvgIpc) is 2.50. The lowest BCUT2D eigenvalue weighted by atomic mass is 10.2. The molecule has 0 aliphatic carbocycles. The third kappa shape index (κ3) is 3.22. The summed E-state index contributed by atoms with van der Waals surface area (Å²) in [6.45, 7) is 7.59. The molecule has 0 N–H and O–H groups in total. The molecular weight excluding hydrogens is 260 g/mol. The highest BCUT2D eigenvalue weighted by Crippen LogP contribution is 2.15. The molecule has 0 fully saturated rings. The van der Waals surface area contributed by atoms with E-state index in [1.165, 1.54) is 0 Å². The number of aromatic nitrogens is 2. The van der Waals surface area contributed by atoms with E-state index in [4.69, 9.17) is 11.6 Å². The highest BCUT2D eigenvalue weighted by Gasteiger charge is 2.17. The van der Waals surface area contributed by atoms with E-state index in [0.29, 0.717) is 12.4 Å². The van der Waals surface area contributed by atoms with E-state index in [1.54, 1.807) is 18.5 Å². The minimum atomic E-state index is -3.02. The number of rotatable bonds is 5. The third-order valence-corrected chi connectivity index (χ3v) is 5.43. The van der Waals surface area contributed by atoms with Gasteiger partial charge in [-0.15, -0.1) is 11.6 Å². The largest absolute Gasteiger partial charge is 0.268 e. The maximum Gasteiger partial charge on any atom is 0.154 e. The molecule has 6 heteroatoms. The number of nitrogens with zero attached hydrogens (tertiary/aromatic N) is 2. The van der Waals surface area contributed by atoms with Crippen molar-refractivity contribution in [2.45, 2.75) is 45.4 Å². The lowest BCUT2D eigenvalue weighted by molar-refractivity contribution is 0.568. The van der Waals surface area contributed by atoms with E-state index in [-0.39, 0.29) is 11.0 Å². The Morgan fingerprint density at radius 1 is 1.35 bits per heavy atom. The highest BCUT2D eigenvalue weighted by atomic mass is 35.5. The Kier molecular flexibility index (Phi) is 4.61. The van der Waals surface area contributed by atoms with Gasteiger partial charge in [0.15, 0.2) is 9.84 Å². The molecule has 0 saturated carbocycles. The van der Waals surface area contributed by atoms with Gasteiger partial charge < -0.3 is 0 Å². The second-order valence-electron chi connectivity index (χ2n) is 4.42. The number of alkyl halides is 1. The fourth-order valence-electron chi connectivity index (χ4n) is 1.59. The van der Waals surface area contributed by atoms with Gasteiger partial charge in [0.25, 0.3) is 0 Å². The van der Waals surface area contributed by atoms with Crippen molar-refractivity contribution >= 4 is 21.4 Å². The Labute approximate surface area is 108 Å². The van der Waals surface area contributed by atoms with Gasteiger partial charge in [0.2, 0.25) is 0 Å². The second-order valence-corrected chi connectivity index (χ2v) is 7.37. The Morgan fingerprint density at radius 2 is 1.94 bits per heavy atom. The van der Waals surface area contributed by atoms with Crippen LogP contribution in [0.2, 0.25) is 0 Å². The monoisotopic (exact) mass is 278 g/mol. The Morgan fingerprint density at radius 3 is 2.35 bits per heavy atom. The molecule has 0 bridgehead atoms. The van der Waals surface area contributed by atoms with E-state index >= 15 is 0 Å². The van der Waals surface area contributed by atoms with Crippen molar-refractivity contribution in [2.24, 2.45) is 0 Å². The fourth-order valence-corrected chi connectivity index (χ4v) is 2.88. The number of hydrogen-bond donors (Lipinski definition) is 0. The molecule has 0 aromatic carbocycles. The maximum absolute atomic E-state index is 11.7. The summed E-state index contributed by atoms with van der Waals surface area (Å²) >= 11 is 5.82. The smallest absolute Gasteiger partial charge is 0.154 e. The van der Waals surface area contributed by atoms with Crippen molar-refractivity contribution in [1.82, 2.24) is 9.78 Å². The first-order valence-corrected chi connectivity index (χ1v) is 7.85. The van der Waals surface area contributed by atoms with Crippen molar-refractivity contribution in [1.29, 1.82) is 0 Å². The third-order valence-electron chi connectivity index (χ3n) is 2.97. The molecule has 1 heterocycles. The average molecular weight is 279 g/mol. The van der Waals surface area contributed by atoms with Crippen LogP contribution < -0.4 is 0 Å². The molecule has 0 spiro atoms. The minimum absolute atomic E-state index is 0.119. The van der Waals surface area contributed by atoms with Crippen molar-refractivity contribution in [3.8, 4) is 0 Å². The zero-order chi connectivity index (χ0) is 13.2. The molecule has 0 atom stereocenters. The Bertz CT molecular complexity index is 492. The summed E-state index contributed by atoms with van der Waals surface area (Å²) in [5, 5.41) is 3.97. The van der Waals surface area contributed by atoms with Gasteiger partial charge in [-0.25, -0.2) is 8.42 Å². The van der Waals surface area contributed by atoms with E-state index in [1.807, 2.05) is 13.8 Å². The number of hydrogen-bond acceptors (Lipinski definition) is 3. The highest BCUT2D eigenvalue weighted by molar-refractivity contribution is 7.91. The molecule has 0 radical (unpaired) electrons. The van der Waals surface area contributed by atoms with Crippen LogP contribution in [0.4, 0.5) is 0 Å². The molecule has 0 amide bonds. The summed E-state index contributed by atoms with van der Waals surface area (Å²) in [4.78, 5) is 0. The van der Waals surface area contributed by atoms with Crippen molar-refractivity contribution in [3.63, 3.8) is 0 Å². The quantitative estimate of drug-likeness (QED) is 0.775. The molecule has 1 aromatic heterocycles. The van der Waals surface area contributed by atoms with Crippen LogP contribution >= 0.6 is 11.6 Å². The van der Waals surface area contributed by atoms with E-state index in [2.05, 4.69) is 5.10 Å². The summed E-state index contributed by atoms with van der Waals surface area (Å²) in [5.74, 6) is 0.531. The topological polar surface area (TPSA) is 52.0 Å². The maximum atomic E-state index is 11.7. The SMILES string of the molecule is Cc1nn(CCS(=O)(=O)C(C)C)c(C)c1CCl. The summed E-state index contributed by atoms with van der Waals surface area (Å²) in [7, 11) is -3.02. The number of halogens is 1. The first-order valence-electron chi connectivity index (χ1n) is 5.60. The molecule has 0 unspecified atom stereocenters. The van der Waals surface area contributed by atoms with Crippen LogP contribution in [-0.2, 0) is 22.3 Å². The van der Waals surface area contributed by atoms with Crippen molar-refractivity contribution in [3.05, 3.63) is 17.0 Å². The van der Waals surface area contributed by atoms with Gasteiger partial charge in [-0.2, -0.15) is 5.10 Å². The lowest BCUT2D eigenvalue weighted by Crippen LogP contribution is -2.22.